The Hall–Kier alpha value is -1.31. The van der Waals surface area contributed by atoms with Gasteiger partial charge in [0.05, 0.1) is 6.04 Å². The van der Waals surface area contributed by atoms with Gasteiger partial charge in [-0.25, -0.2) is 0 Å². The standard InChI is InChI=1S/C11H14N2/c1-8-2-5-11(12)9(6-8)7-13-10-3-4-10/h2,5-7,10H,3-4,12H2,1H3. The van der Waals surface area contributed by atoms with Gasteiger partial charge in [0.1, 0.15) is 0 Å². The highest BCUT2D eigenvalue weighted by atomic mass is 14.8. The number of aliphatic imine (C=N–C) groups is 1. The third-order valence-electron chi connectivity index (χ3n) is 2.21. The van der Waals surface area contributed by atoms with Crippen LogP contribution in [0.1, 0.15) is 24.0 Å². The average molecular weight is 174 g/mol. The number of anilines is 1. The molecule has 0 unspecified atom stereocenters. The fraction of sp³-hybridized carbons (Fsp3) is 0.364. The molecule has 0 radical (unpaired) electrons. The molecule has 0 aliphatic heterocycles. The molecule has 1 aromatic carbocycles. The first-order valence-corrected chi connectivity index (χ1v) is 4.65. The van der Waals surface area contributed by atoms with Crippen LogP contribution in [0.2, 0.25) is 0 Å². The summed E-state index contributed by atoms with van der Waals surface area (Å²) in [5.74, 6) is 0. The predicted molar refractivity (Wildman–Crippen MR) is 56.2 cm³/mol. The zero-order chi connectivity index (χ0) is 9.26. The van der Waals surface area contributed by atoms with E-state index in [1.165, 1.54) is 18.4 Å². The van der Waals surface area contributed by atoms with Crippen molar-refractivity contribution in [1.82, 2.24) is 0 Å². The molecule has 1 saturated carbocycles. The van der Waals surface area contributed by atoms with Crippen LogP contribution >= 0.6 is 0 Å². The van der Waals surface area contributed by atoms with Crippen molar-refractivity contribution < 1.29 is 0 Å². The van der Waals surface area contributed by atoms with Crippen molar-refractivity contribution in [2.75, 3.05) is 5.73 Å². The van der Waals surface area contributed by atoms with Gasteiger partial charge < -0.3 is 5.73 Å². The quantitative estimate of drug-likeness (QED) is 0.541. The number of hydrogen-bond acceptors (Lipinski definition) is 2. The molecule has 1 fully saturated rings. The third-order valence-corrected chi connectivity index (χ3v) is 2.21. The van der Waals surface area contributed by atoms with Gasteiger partial charge in [-0.05, 0) is 31.9 Å². The van der Waals surface area contributed by atoms with Gasteiger partial charge in [0.2, 0.25) is 0 Å². The summed E-state index contributed by atoms with van der Waals surface area (Å²) in [5, 5.41) is 0. The molecule has 0 heterocycles. The van der Waals surface area contributed by atoms with Crippen LogP contribution in [0.5, 0.6) is 0 Å². The summed E-state index contributed by atoms with van der Waals surface area (Å²) >= 11 is 0. The second kappa shape index (κ2) is 3.21. The highest BCUT2D eigenvalue weighted by Gasteiger charge is 2.18. The minimum absolute atomic E-state index is 0.569. The third kappa shape index (κ3) is 2.08. The SMILES string of the molecule is Cc1ccc(N)c(C=NC2CC2)c1. The summed E-state index contributed by atoms with van der Waals surface area (Å²) in [7, 11) is 0. The fourth-order valence-corrected chi connectivity index (χ4v) is 1.22. The summed E-state index contributed by atoms with van der Waals surface area (Å²) in [6.45, 7) is 2.06. The van der Waals surface area contributed by atoms with Crippen LogP contribution in [0.15, 0.2) is 23.2 Å². The van der Waals surface area contributed by atoms with Gasteiger partial charge in [-0.1, -0.05) is 11.6 Å². The minimum Gasteiger partial charge on any atom is -0.398 e. The molecule has 2 heteroatoms. The lowest BCUT2D eigenvalue weighted by atomic mass is 10.1. The topological polar surface area (TPSA) is 38.4 Å². The smallest absolute Gasteiger partial charge is 0.0501 e. The lowest BCUT2D eigenvalue weighted by molar-refractivity contribution is 1.08. The van der Waals surface area contributed by atoms with E-state index in [-0.39, 0.29) is 0 Å². The molecule has 2 nitrogen and oxygen atoms in total. The normalized spacial score (nSPS) is 16.7. The maximum absolute atomic E-state index is 5.80. The van der Waals surface area contributed by atoms with Crippen molar-refractivity contribution >= 4 is 11.9 Å². The maximum Gasteiger partial charge on any atom is 0.0501 e. The van der Waals surface area contributed by atoms with Crippen molar-refractivity contribution in [1.29, 1.82) is 0 Å². The number of rotatable bonds is 2. The molecule has 0 spiro atoms. The van der Waals surface area contributed by atoms with Gasteiger partial charge in [0.15, 0.2) is 0 Å². The lowest BCUT2D eigenvalue weighted by Crippen LogP contribution is -1.94. The first-order valence-electron chi connectivity index (χ1n) is 4.65. The molecule has 0 bridgehead atoms. The number of nitrogen functional groups attached to an aromatic ring is 1. The summed E-state index contributed by atoms with van der Waals surface area (Å²) in [6.07, 6.45) is 4.38. The number of hydrogen-bond donors (Lipinski definition) is 1. The molecular formula is C11H14N2. The van der Waals surface area contributed by atoms with E-state index in [1.807, 2.05) is 18.3 Å². The Balaban J connectivity index is 2.21. The Kier molecular flexibility index (Phi) is 2.05. The van der Waals surface area contributed by atoms with Crippen molar-refractivity contribution in [2.45, 2.75) is 25.8 Å². The van der Waals surface area contributed by atoms with Crippen molar-refractivity contribution in [2.24, 2.45) is 4.99 Å². The van der Waals surface area contributed by atoms with Gasteiger partial charge >= 0.3 is 0 Å². The fourth-order valence-electron chi connectivity index (χ4n) is 1.22. The minimum atomic E-state index is 0.569. The second-order valence-electron chi connectivity index (χ2n) is 3.64. The predicted octanol–water partition coefficient (Wildman–Crippen LogP) is 2.16. The summed E-state index contributed by atoms with van der Waals surface area (Å²) in [5.41, 5.74) is 8.90. The van der Waals surface area contributed by atoms with E-state index >= 15 is 0 Å². The first-order chi connectivity index (χ1) is 6.25. The molecule has 2 N–H and O–H groups in total. The van der Waals surface area contributed by atoms with E-state index < -0.39 is 0 Å². The molecule has 2 rings (SSSR count). The Morgan fingerprint density at radius 3 is 2.92 bits per heavy atom. The van der Waals surface area contributed by atoms with Crippen LogP contribution in [-0.2, 0) is 0 Å². The Bertz CT molecular complexity index is 338. The Labute approximate surface area is 78.5 Å². The zero-order valence-corrected chi connectivity index (χ0v) is 7.83. The van der Waals surface area contributed by atoms with E-state index in [0.29, 0.717) is 6.04 Å². The molecule has 1 aliphatic carbocycles. The highest BCUT2D eigenvalue weighted by molar-refractivity contribution is 5.87. The maximum atomic E-state index is 5.80. The van der Waals surface area contributed by atoms with Gasteiger partial charge in [0, 0.05) is 17.5 Å². The molecule has 68 valence electrons. The Morgan fingerprint density at radius 2 is 2.23 bits per heavy atom. The largest absolute Gasteiger partial charge is 0.398 e. The van der Waals surface area contributed by atoms with Crippen LogP contribution in [0.4, 0.5) is 5.69 Å². The van der Waals surface area contributed by atoms with Crippen LogP contribution in [-0.4, -0.2) is 12.3 Å². The highest BCUT2D eigenvalue weighted by Crippen LogP contribution is 2.23. The van der Waals surface area contributed by atoms with Crippen molar-refractivity contribution in [3.05, 3.63) is 29.3 Å². The van der Waals surface area contributed by atoms with Crippen LogP contribution < -0.4 is 5.73 Å². The number of benzene rings is 1. The van der Waals surface area contributed by atoms with Gasteiger partial charge in [0.25, 0.3) is 0 Å². The summed E-state index contributed by atoms with van der Waals surface area (Å²) in [4.78, 5) is 4.40. The summed E-state index contributed by atoms with van der Waals surface area (Å²) < 4.78 is 0. The van der Waals surface area contributed by atoms with Crippen molar-refractivity contribution in [3.8, 4) is 0 Å². The molecule has 0 atom stereocenters. The lowest BCUT2D eigenvalue weighted by Gasteiger charge is -2.00. The zero-order valence-electron chi connectivity index (χ0n) is 7.83. The molecule has 0 aromatic heterocycles. The van der Waals surface area contributed by atoms with Crippen LogP contribution in [0, 0.1) is 6.92 Å². The van der Waals surface area contributed by atoms with Gasteiger partial charge in [-0.15, -0.1) is 0 Å². The molecule has 1 aromatic rings. The van der Waals surface area contributed by atoms with Crippen LogP contribution in [0.25, 0.3) is 0 Å². The van der Waals surface area contributed by atoms with E-state index in [1.54, 1.807) is 0 Å². The van der Waals surface area contributed by atoms with Gasteiger partial charge in [-0.2, -0.15) is 0 Å². The number of nitrogens with zero attached hydrogens (tertiary/aromatic N) is 1. The average Bonchev–Trinajstić information content (AvgIpc) is 2.90. The Morgan fingerprint density at radius 1 is 1.46 bits per heavy atom. The van der Waals surface area contributed by atoms with E-state index in [4.69, 9.17) is 5.73 Å². The molecule has 1 aliphatic rings. The molecular weight excluding hydrogens is 160 g/mol. The van der Waals surface area contributed by atoms with Crippen molar-refractivity contribution in [3.63, 3.8) is 0 Å². The monoisotopic (exact) mass is 174 g/mol. The van der Waals surface area contributed by atoms with E-state index in [9.17, 15) is 0 Å². The van der Waals surface area contributed by atoms with E-state index in [0.717, 1.165) is 11.3 Å². The van der Waals surface area contributed by atoms with Crippen LogP contribution in [0.3, 0.4) is 0 Å². The number of aryl methyl sites for hydroxylation is 1. The first kappa shape index (κ1) is 8.30. The summed E-state index contributed by atoms with van der Waals surface area (Å²) in [6, 6.07) is 6.59. The van der Waals surface area contributed by atoms with E-state index in [2.05, 4.69) is 18.0 Å². The number of nitrogens with two attached hydrogens (primary N) is 1. The van der Waals surface area contributed by atoms with Gasteiger partial charge in [-0.3, -0.25) is 4.99 Å². The second-order valence-corrected chi connectivity index (χ2v) is 3.64. The molecule has 0 saturated heterocycles. The molecule has 0 amide bonds. The molecule has 13 heavy (non-hydrogen) atoms.